The van der Waals surface area contributed by atoms with Crippen molar-refractivity contribution in [2.75, 3.05) is 7.05 Å². The largest absolute Gasteiger partial charge is 0.354 e. The first kappa shape index (κ1) is 16.7. The summed E-state index contributed by atoms with van der Waals surface area (Å²) in [5.74, 6) is 2.67. The molecule has 0 spiro atoms. The zero-order valence-corrected chi connectivity index (χ0v) is 15.1. The van der Waals surface area contributed by atoms with Crippen molar-refractivity contribution in [3.63, 3.8) is 0 Å². The van der Waals surface area contributed by atoms with Crippen molar-refractivity contribution in [3.8, 4) is 5.82 Å². The van der Waals surface area contributed by atoms with E-state index in [1.807, 2.05) is 23.8 Å². The Morgan fingerprint density at radius 3 is 2.82 bits per heavy atom. The predicted molar refractivity (Wildman–Crippen MR) is 97.9 cm³/mol. The zero-order chi connectivity index (χ0) is 14.7. The Morgan fingerprint density at radius 1 is 1.36 bits per heavy atom. The van der Waals surface area contributed by atoms with Crippen LogP contribution in [0.4, 0.5) is 0 Å². The molecule has 0 amide bonds. The number of aliphatic imine (C=N–C) groups is 1. The fraction of sp³-hybridized carbons (Fsp3) is 0.400. The van der Waals surface area contributed by atoms with Crippen LogP contribution >= 0.6 is 24.0 Å². The summed E-state index contributed by atoms with van der Waals surface area (Å²) < 4.78 is 1.99. The van der Waals surface area contributed by atoms with Gasteiger partial charge in [-0.05, 0) is 25.8 Å². The molecule has 0 radical (unpaired) electrons. The maximum Gasteiger partial charge on any atom is 0.191 e. The maximum absolute atomic E-state index is 4.48. The molecule has 7 heteroatoms. The molecule has 0 bridgehead atoms. The molecule has 0 aromatic carbocycles. The van der Waals surface area contributed by atoms with Gasteiger partial charge in [-0.25, -0.2) is 9.97 Å². The third-order valence-corrected chi connectivity index (χ3v) is 3.51. The normalized spacial score (nSPS) is 14.4. The molecule has 2 aromatic rings. The number of rotatable bonds is 4. The highest BCUT2D eigenvalue weighted by Crippen LogP contribution is 2.18. The second-order valence-corrected chi connectivity index (χ2v) is 5.17. The number of pyridine rings is 1. The van der Waals surface area contributed by atoms with Gasteiger partial charge < -0.3 is 10.6 Å². The SMILES string of the molecule is CN=C(NCc1cccnc1-n1ccnc1C)NC1CC1.I. The molecule has 0 saturated heterocycles. The number of halogens is 1. The average molecular weight is 412 g/mol. The van der Waals surface area contributed by atoms with E-state index in [0.717, 1.165) is 23.2 Å². The van der Waals surface area contributed by atoms with Crippen LogP contribution in [0.1, 0.15) is 24.2 Å². The van der Waals surface area contributed by atoms with Crippen LogP contribution in [-0.2, 0) is 6.54 Å². The molecular formula is C15H21IN6. The topological polar surface area (TPSA) is 67.1 Å². The van der Waals surface area contributed by atoms with Crippen molar-refractivity contribution < 1.29 is 0 Å². The second-order valence-electron chi connectivity index (χ2n) is 5.17. The van der Waals surface area contributed by atoms with Crippen molar-refractivity contribution in [1.29, 1.82) is 0 Å². The first-order chi connectivity index (χ1) is 10.3. The summed E-state index contributed by atoms with van der Waals surface area (Å²) in [5.41, 5.74) is 1.11. The summed E-state index contributed by atoms with van der Waals surface area (Å²) in [7, 11) is 1.79. The number of hydrogen-bond acceptors (Lipinski definition) is 3. The van der Waals surface area contributed by atoms with E-state index in [0.29, 0.717) is 12.6 Å². The van der Waals surface area contributed by atoms with Gasteiger partial charge in [-0.3, -0.25) is 9.56 Å². The molecule has 3 rings (SSSR count). The molecule has 1 saturated carbocycles. The van der Waals surface area contributed by atoms with Gasteiger partial charge in [-0.15, -0.1) is 24.0 Å². The molecule has 2 heterocycles. The summed E-state index contributed by atoms with van der Waals surface area (Å²) in [6.07, 6.45) is 7.98. The summed E-state index contributed by atoms with van der Waals surface area (Å²) in [4.78, 5) is 13.0. The standard InChI is InChI=1S/C15H20N6.HI/c1-11-17-8-9-21(11)14-12(4-3-7-18-14)10-19-15(16-2)20-13-5-6-13;/h3-4,7-9,13H,5-6,10H2,1-2H3,(H2,16,19,20);1H. The molecule has 0 atom stereocenters. The predicted octanol–water partition coefficient (Wildman–Crippen LogP) is 2.02. The Hall–Kier alpha value is -1.64. The van der Waals surface area contributed by atoms with Gasteiger partial charge in [-0.1, -0.05) is 6.07 Å². The van der Waals surface area contributed by atoms with Gasteiger partial charge in [-0.2, -0.15) is 0 Å². The van der Waals surface area contributed by atoms with Crippen molar-refractivity contribution in [1.82, 2.24) is 25.2 Å². The van der Waals surface area contributed by atoms with E-state index in [1.54, 1.807) is 19.4 Å². The van der Waals surface area contributed by atoms with Gasteiger partial charge in [0.2, 0.25) is 0 Å². The Kier molecular flexibility index (Phi) is 5.76. The van der Waals surface area contributed by atoms with Crippen LogP contribution in [0, 0.1) is 6.92 Å². The number of nitrogens with zero attached hydrogens (tertiary/aromatic N) is 4. The lowest BCUT2D eigenvalue weighted by Gasteiger charge is -2.14. The van der Waals surface area contributed by atoms with Crippen LogP contribution in [0.5, 0.6) is 0 Å². The Morgan fingerprint density at radius 2 is 2.18 bits per heavy atom. The molecule has 0 unspecified atom stereocenters. The van der Waals surface area contributed by atoms with Crippen LogP contribution in [0.15, 0.2) is 35.7 Å². The summed E-state index contributed by atoms with van der Waals surface area (Å²) in [6, 6.07) is 4.60. The fourth-order valence-corrected chi connectivity index (χ4v) is 2.18. The lowest BCUT2D eigenvalue weighted by Crippen LogP contribution is -2.38. The molecule has 6 nitrogen and oxygen atoms in total. The van der Waals surface area contributed by atoms with Gasteiger partial charge in [0.05, 0.1) is 0 Å². The van der Waals surface area contributed by atoms with Crippen LogP contribution < -0.4 is 10.6 Å². The number of aryl methyl sites for hydroxylation is 1. The molecule has 2 N–H and O–H groups in total. The first-order valence-corrected chi connectivity index (χ1v) is 7.19. The van der Waals surface area contributed by atoms with Gasteiger partial charge >= 0.3 is 0 Å². The van der Waals surface area contributed by atoms with Gasteiger partial charge in [0.1, 0.15) is 11.6 Å². The summed E-state index contributed by atoms with van der Waals surface area (Å²) >= 11 is 0. The lowest BCUT2D eigenvalue weighted by molar-refractivity contribution is 0.792. The van der Waals surface area contributed by atoms with Crippen molar-refractivity contribution in [3.05, 3.63) is 42.1 Å². The Labute approximate surface area is 147 Å². The maximum atomic E-state index is 4.48. The van der Waals surface area contributed by atoms with E-state index in [-0.39, 0.29) is 24.0 Å². The van der Waals surface area contributed by atoms with Gasteiger partial charge in [0.15, 0.2) is 5.96 Å². The van der Waals surface area contributed by atoms with E-state index in [9.17, 15) is 0 Å². The van der Waals surface area contributed by atoms with Crippen LogP contribution in [0.25, 0.3) is 5.82 Å². The van der Waals surface area contributed by atoms with Crippen LogP contribution in [-0.4, -0.2) is 33.6 Å². The average Bonchev–Trinajstić information content (AvgIpc) is 3.23. The molecule has 1 aliphatic rings. The molecular weight excluding hydrogens is 391 g/mol. The number of nitrogens with one attached hydrogen (secondary N) is 2. The highest BCUT2D eigenvalue weighted by Gasteiger charge is 2.22. The van der Waals surface area contributed by atoms with Crippen molar-refractivity contribution in [2.24, 2.45) is 4.99 Å². The highest BCUT2D eigenvalue weighted by molar-refractivity contribution is 14.0. The molecule has 1 aliphatic carbocycles. The fourth-order valence-electron chi connectivity index (χ4n) is 2.18. The monoisotopic (exact) mass is 412 g/mol. The molecule has 118 valence electrons. The van der Waals surface area contributed by atoms with Gasteiger partial charge in [0.25, 0.3) is 0 Å². The minimum atomic E-state index is 0. The number of hydrogen-bond donors (Lipinski definition) is 2. The molecule has 1 fully saturated rings. The summed E-state index contributed by atoms with van der Waals surface area (Å²) in [5, 5.41) is 6.72. The molecule has 2 aromatic heterocycles. The molecule has 0 aliphatic heterocycles. The van der Waals surface area contributed by atoms with Crippen LogP contribution in [0.2, 0.25) is 0 Å². The van der Waals surface area contributed by atoms with Crippen LogP contribution in [0.3, 0.4) is 0 Å². The summed E-state index contributed by atoms with van der Waals surface area (Å²) in [6.45, 7) is 2.65. The highest BCUT2D eigenvalue weighted by atomic mass is 127. The lowest BCUT2D eigenvalue weighted by atomic mass is 10.2. The van der Waals surface area contributed by atoms with Crippen molar-refractivity contribution in [2.45, 2.75) is 32.4 Å². The zero-order valence-electron chi connectivity index (χ0n) is 12.8. The third kappa shape index (κ3) is 3.96. The second kappa shape index (κ2) is 7.57. The smallest absolute Gasteiger partial charge is 0.191 e. The minimum Gasteiger partial charge on any atom is -0.354 e. The van der Waals surface area contributed by atoms with E-state index >= 15 is 0 Å². The van der Waals surface area contributed by atoms with E-state index in [4.69, 9.17) is 0 Å². The first-order valence-electron chi connectivity index (χ1n) is 7.19. The molecule has 22 heavy (non-hydrogen) atoms. The van der Waals surface area contributed by atoms with Gasteiger partial charge in [0, 0.05) is 43.8 Å². The van der Waals surface area contributed by atoms with Crippen molar-refractivity contribution >= 4 is 29.9 Å². The van der Waals surface area contributed by atoms with E-state index in [2.05, 4.69) is 31.7 Å². The van der Waals surface area contributed by atoms with E-state index < -0.39 is 0 Å². The third-order valence-electron chi connectivity index (χ3n) is 3.51. The number of imidazole rings is 1. The Bertz CT molecular complexity index is 647. The number of aromatic nitrogens is 3. The number of guanidine groups is 1. The van der Waals surface area contributed by atoms with E-state index in [1.165, 1.54) is 12.8 Å². The Balaban J connectivity index is 0.00000176. The quantitative estimate of drug-likeness (QED) is 0.458. The minimum absolute atomic E-state index is 0.